The summed E-state index contributed by atoms with van der Waals surface area (Å²) in [5, 5.41) is 16.2. The zero-order chi connectivity index (χ0) is 27.9. The number of hydrogen-bond donors (Lipinski definition) is 3. The normalized spacial score (nSPS) is 26.3. The fraction of sp³-hybridized carbons (Fsp3) is 0.375. The predicted octanol–water partition coefficient (Wildman–Crippen LogP) is 4.27. The molecule has 0 radical (unpaired) electrons. The van der Waals surface area contributed by atoms with Crippen LogP contribution < -0.4 is 10.2 Å². The van der Waals surface area contributed by atoms with Gasteiger partial charge in [-0.05, 0) is 31.5 Å². The third-order valence-electron chi connectivity index (χ3n) is 9.07. The summed E-state index contributed by atoms with van der Waals surface area (Å²) >= 11 is 0. The molecule has 3 aliphatic rings. The Hall–Kier alpha value is -3.84. The molecule has 4 atom stereocenters. The SMILES string of the molecule is C=CC(C)(C)c1[nH]c2ccccc2c1CC1NC(=O)[C@H]2C[C@@]3(O)c4ccccc4N(C(C)(C)C=C)[C@H]3N2C1=O. The van der Waals surface area contributed by atoms with Gasteiger partial charge in [0.25, 0.3) is 0 Å². The highest BCUT2D eigenvalue weighted by Crippen LogP contribution is 2.55. The van der Waals surface area contributed by atoms with Crippen LogP contribution in [0.15, 0.2) is 73.8 Å². The van der Waals surface area contributed by atoms with Gasteiger partial charge in [0.2, 0.25) is 11.8 Å². The molecule has 7 heteroatoms. The number of allylic oxidation sites excluding steroid dienone is 1. The third-order valence-corrected chi connectivity index (χ3v) is 9.07. The molecular weight excluding hydrogens is 488 g/mol. The zero-order valence-corrected chi connectivity index (χ0v) is 23.0. The number of rotatable bonds is 6. The minimum absolute atomic E-state index is 0.143. The molecule has 1 aromatic heterocycles. The molecule has 3 aromatic rings. The Bertz CT molecular complexity index is 1540. The number of aromatic nitrogens is 1. The van der Waals surface area contributed by atoms with E-state index >= 15 is 0 Å². The van der Waals surface area contributed by atoms with Gasteiger partial charge in [0.1, 0.15) is 23.9 Å². The van der Waals surface area contributed by atoms with E-state index < -0.39 is 29.4 Å². The van der Waals surface area contributed by atoms with Crippen LogP contribution in [0.25, 0.3) is 10.9 Å². The quantitative estimate of drug-likeness (QED) is 0.420. The Morgan fingerprint density at radius 2 is 1.74 bits per heavy atom. The number of carbonyl (C=O) groups excluding carboxylic acids is 2. The first-order valence-electron chi connectivity index (χ1n) is 13.6. The molecule has 0 bridgehead atoms. The molecule has 0 spiro atoms. The van der Waals surface area contributed by atoms with Crippen LogP contribution in [-0.2, 0) is 27.0 Å². The number of benzene rings is 2. The Kier molecular flexibility index (Phi) is 5.43. The van der Waals surface area contributed by atoms with Crippen LogP contribution in [-0.4, -0.2) is 50.6 Å². The number of nitrogens with one attached hydrogen (secondary N) is 2. The Morgan fingerprint density at radius 1 is 1.05 bits per heavy atom. The number of aliphatic hydroxyl groups is 1. The van der Waals surface area contributed by atoms with E-state index in [1.54, 1.807) is 4.90 Å². The van der Waals surface area contributed by atoms with Crippen LogP contribution in [0.5, 0.6) is 0 Å². The Balaban J connectivity index is 1.44. The summed E-state index contributed by atoms with van der Waals surface area (Å²) in [5.41, 5.74) is 2.21. The summed E-state index contributed by atoms with van der Waals surface area (Å²) in [6, 6.07) is 14.2. The molecule has 2 fully saturated rings. The Labute approximate surface area is 229 Å². The van der Waals surface area contributed by atoms with E-state index in [1.165, 1.54) is 0 Å². The van der Waals surface area contributed by atoms with Crippen molar-refractivity contribution in [2.24, 2.45) is 0 Å². The fourth-order valence-electron chi connectivity index (χ4n) is 6.80. The molecule has 2 aromatic carbocycles. The summed E-state index contributed by atoms with van der Waals surface area (Å²) in [6.07, 6.45) is 3.47. The van der Waals surface area contributed by atoms with Gasteiger partial charge in [-0.2, -0.15) is 0 Å². The van der Waals surface area contributed by atoms with Gasteiger partial charge in [0.05, 0.1) is 5.54 Å². The van der Waals surface area contributed by atoms with Crippen molar-refractivity contribution in [1.29, 1.82) is 0 Å². The monoisotopic (exact) mass is 524 g/mol. The molecule has 6 rings (SSSR count). The van der Waals surface area contributed by atoms with Crippen LogP contribution in [0.2, 0.25) is 0 Å². The molecule has 39 heavy (non-hydrogen) atoms. The van der Waals surface area contributed by atoms with Gasteiger partial charge >= 0.3 is 0 Å². The summed E-state index contributed by atoms with van der Waals surface area (Å²) < 4.78 is 0. The van der Waals surface area contributed by atoms with Crippen molar-refractivity contribution in [3.63, 3.8) is 0 Å². The van der Waals surface area contributed by atoms with E-state index in [9.17, 15) is 14.7 Å². The minimum atomic E-state index is -1.37. The van der Waals surface area contributed by atoms with E-state index in [0.29, 0.717) is 6.42 Å². The molecule has 2 saturated heterocycles. The number of fused-ring (bicyclic) bond motifs is 6. The molecule has 0 aliphatic carbocycles. The lowest BCUT2D eigenvalue weighted by atomic mass is 9.84. The highest BCUT2D eigenvalue weighted by molar-refractivity contribution is 5.99. The summed E-state index contributed by atoms with van der Waals surface area (Å²) in [6.45, 7) is 16.3. The standard InChI is InChI=1S/C32H36N4O3/c1-7-30(3,4)26-20(19-13-9-11-15-22(19)33-26)17-23-28(38)35-25(27(37)34-23)18-32(39)21-14-10-12-16-24(21)36(29(32)35)31(5,6)8-2/h7-16,23,25,29,33,39H,1-2,17-18H2,3-6H3,(H,34,37)/t23?,25-,29-,32-/m1/s1. The summed E-state index contributed by atoms with van der Waals surface area (Å²) in [7, 11) is 0. The smallest absolute Gasteiger partial charge is 0.247 e. The van der Waals surface area contributed by atoms with Crippen molar-refractivity contribution in [1.82, 2.24) is 15.2 Å². The van der Waals surface area contributed by atoms with Crippen molar-refractivity contribution >= 4 is 28.4 Å². The van der Waals surface area contributed by atoms with Crippen LogP contribution in [0.1, 0.15) is 50.9 Å². The number of hydrogen-bond acceptors (Lipinski definition) is 4. The van der Waals surface area contributed by atoms with Gasteiger partial charge in [-0.1, -0.05) is 62.4 Å². The predicted molar refractivity (Wildman–Crippen MR) is 153 cm³/mol. The van der Waals surface area contributed by atoms with Gasteiger partial charge < -0.3 is 25.2 Å². The van der Waals surface area contributed by atoms with Gasteiger partial charge in [-0.3, -0.25) is 9.59 Å². The first kappa shape index (κ1) is 25.4. The second-order valence-corrected chi connectivity index (χ2v) is 12.2. The van der Waals surface area contributed by atoms with Gasteiger partial charge in [-0.15, -0.1) is 13.2 Å². The highest BCUT2D eigenvalue weighted by atomic mass is 16.3. The lowest BCUT2D eigenvalue weighted by Gasteiger charge is -2.47. The first-order valence-corrected chi connectivity index (χ1v) is 13.6. The highest BCUT2D eigenvalue weighted by Gasteiger charge is 2.66. The lowest BCUT2D eigenvalue weighted by molar-refractivity contribution is -0.150. The topological polar surface area (TPSA) is 88.7 Å². The molecule has 0 saturated carbocycles. The number of piperazine rings is 1. The fourth-order valence-corrected chi connectivity index (χ4v) is 6.80. The van der Waals surface area contributed by atoms with Crippen molar-refractivity contribution in [3.8, 4) is 0 Å². The van der Waals surface area contributed by atoms with Crippen LogP contribution in [0.3, 0.4) is 0 Å². The van der Waals surface area contributed by atoms with Gasteiger partial charge in [-0.25, -0.2) is 0 Å². The number of nitrogens with zero attached hydrogens (tertiary/aromatic N) is 2. The first-order chi connectivity index (χ1) is 18.4. The number of anilines is 1. The van der Waals surface area contributed by atoms with Crippen molar-refractivity contribution in [2.75, 3.05) is 4.90 Å². The molecule has 7 nitrogen and oxygen atoms in total. The van der Waals surface area contributed by atoms with Crippen molar-refractivity contribution < 1.29 is 14.7 Å². The number of H-pyrrole nitrogens is 1. The largest absolute Gasteiger partial charge is 0.381 e. The molecule has 3 N–H and O–H groups in total. The second kappa shape index (κ2) is 8.33. The van der Waals surface area contributed by atoms with Crippen LogP contribution in [0.4, 0.5) is 5.69 Å². The lowest BCUT2D eigenvalue weighted by Crippen LogP contribution is -2.67. The van der Waals surface area contributed by atoms with Gasteiger partial charge in [0, 0.05) is 46.1 Å². The minimum Gasteiger partial charge on any atom is -0.381 e. The maximum atomic E-state index is 14.4. The second-order valence-electron chi connectivity index (χ2n) is 12.2. The Morgan fingerprint density at radius 3 is 2.46 bits per heavy atom. The average molecular weight is 525 g/mol. The maximum Gasteiger partial charge on any atom is 0.247 e. The molecule has 2 amide bonds. The average Bonchev–Trinajstić information content (AvgIpc) is 3.52. The summed E-state index contributed by atoms with van der Waals surface area (Å²) in [5.74, 6) is -0.425. The molecule has 4 heterocycles. The molecular formula is C32H36N4O3. The number of amides is 2. The zero-order valence-electron chi connectivity index (χ0n) is 23.0. The van der Waals surface area contributed by atoms with E-state index in [1.807, 2.05) is 74.5 Å². The summed E-state index contributed by atoms with van der Waals surface area (Å²) in [4.78, 5) is 35.2. The maximum absolute atomic E-state index is 14.4. The number of para-hydroxylation sites is 2. The van der Waals surface area contributed by atoms with E-state index in [4.69, 9.17) is 0 Å². The van der Waals surface area contributed by atoms with Crippen LogP contribution >= 0.6 is 0 Å². The molecule has 1 unspecified atom stereocenters. The number of carbonyl (C=O) groups is 2. The van der Waals surface area contributed by atoms with Crippen molar-refractivity contribution in [2.45, 2.75) is 75.3 Å². The van der Waals surface area contributed by atoms with E-state index in [0.717, 1.165) is 33.4 Å². The van der Waals surface area contributed by atoms with Crippen molar-refractivity contribution in [3.05, 3.63) is 90.7 Å². The third kappa shape index (κ3) is 3.45. The van der Waals surface area contributed by atoms with Gasteiger partial charge in [0.15, 0.2) is 0 Å². The number of aromatic amines is 1. The molecule has 3 aliphatic heterocycles. The van der Waals surface area contributed by atoms with Crippen LogP contribution in [0, 0.1) is 0 Å². The van der Waals surface area contributed by atoms with E-state index in [-0.39, 0.29) is 23.7 Å². The molecule has 202 valence electrons. The van der Waals surface area contributed by atoms with E-state index in [2.05, 4.69) is 42.2 Å².